The number of hydrogen-bond donors (Lipinski definition) is 1. The molecule has 1 saturated heterocycles. The summed E-state index contributed by atoms with van der Waals surface area (Å²) < 4.78 is 5.65. The minimum Gasteiger partial charge on any atom is -0.378 e. The van der Waals surface area contributed by atoms with Crippen LogP contribution < -0.4 is 5.32 Å². The fourth-order valence-electron chi connectivity index (χ4n) is 2.89. The van der Waals surface area contributed by atoms with E-state index in [1.807, 2.05) is 0 Å². The highest BCUT2D eigenvalue weighted by Crippen LogP contribution is 2.20. The minimum absolute atomic E-state index is 0.181. The Hall–Kier alpha value is -0.570. The smallest absolute Gasteiger partial charge is 0.220 e. The number of carbonyl (C=O) groups is 1. The quantitative estimate of drug-likeness (QED) is 0.769. The molecule has 0 aromatic rings. The Balaban J connectivity index is 2.19. The molecule has 1 rings (SSSR count). The number of nitrogens with one attached hydrogen (secondary N) is 1. The zero-order valence-corrected chi connectivity index (χ0v) is 13.1. The van der Waals surface area contributed by atoms with Crippen LogP contribution in [0.25, 0.3) is 0 Å². The van der Waals surface area contributed by atoms with Crippen LogP contribution in [0.1, 0.15) is 59.8 Å². The second-order valence-corrected chi connectivity index (χ2v) is 6.48. The molecule has 1 fully saturated rings. The largest absolute Gasteiger partial charge is 0.378 e. The molecule has 0 spiro atoms. The van der Waals surface area contributed by atoms with E-state index in [1.54, 1.807) is 0 Å². The molecule has 3 heteroatoms. The van der Waals surface area contributed by atoms with Crippen molar-refractivity contribution in [2.24, 2.45) is 17.8 Å². The zero-order chi connectivity index (χ0) is 14.3. The molecule has 1 aliphatic heterocycles. The first-order valence-electron chi connectivity index (χ1n) is 7.89. The summed E-state index contributed by atoms with van der Waals surface area (Å²) in [4.78, 5) is 11.9. The Labute approximate surface area is 118 Å². The van der Waals surface area contributed by atoms with Gasteiger partial charge in [0.25, 0.3) is 0 Å². The van der Waals surface area contributed by atoms with Crippen molar-refractivity contribution in [2.75, 3.05) is 13.2 Å². The molecule has 1 unspecified atom stereocenters. The van der Waals surface area contributed by atoms with Gasteiger partial charge in [0.1, 0.15) is 0 Å². The minimum atomic E-state index is 0.181. The third-order valence-corrected chi connectivity index (χ3v) is 4.21. The topological polar surface area (TPSA) is 38.3 Å². The maximum atomic E-state index is 11.9. The SMILES string of the molecule is CC(C)C(CNC(=O)CCC1CCCCO1)C(C)C. The van der Waals surface area contributed by atoms with Gasteiger partial charge in [-0.25, -0.2) is 0 Å². The second kappa shape index (κ2) is 8.57. The predicted octanol–water partition coefficient (Wildman–Crippen LogP) is 3.38. The van der Waals surface area contributed by atoms with Crippen molar-refractivity contribution in [3.63, 3.8) is 0 Å². The molecule has 0 radical (unpaired) electrons. The molecular weight excluding hydrogens is 238 g/mol. The van der Waals surface area contributed by atoms with Gasteiger partial charge in [-0.05, 0) is 43.4 Å². The number of hydrogen-bond acceptors (Lipinski definition) is 2. The van der Waals surface area contributed by atoms with Gasteiger partial charge in [0, 0.05) is 19.6 Å². The average Bonchev–Trinajstić information content (AvgIpc) is 2.37. The summed E-state index contributed by atoms with van der Waals surface area (Å²) in [5.41, 5.74) is 0. The van der Waals surface area contributed by atoms with Crippen LogP contribution in [0.5, 0.6) is 0 Å². The summed E-state index contributed by atoms with van der Waals surface area (Å²) in [6.45, 7) is 10.6. The number of rotatable bonds is 7. The Bertz CT molecular complexity index is 249. The van der Waals surface area contributed by atoms with Gasteiger partial charge in [0.15, 0.2) is 0 Å². The fourth-order valence-corrected chi connectivity index (χ4v) is 2.89. The first kappa shape index (κ1) is 16.5. The van der Waals surface area contributed by atoms with Gasteiger partial charge >= 0.3 is 0 Å². The normalized spacial score (nSPS) is 20.3. The highest BCUT2D eigenvalue weighted by molar-refractivity contribution is 5.75. The van der Waals surface area contributed by atoms with Crippen LogP contribution in [0.15, 0.2) is 0 Å². The first-order chi connectivity index (χ1) is 9.00. The third-order valence-electron chi connectivity index (χ3n) is 4.21. The predicted molar refractivity (Wildman–Crippen MR) is 79.0 cm³/mol. The molecule has 0 saturated carbocycles. The maximum absolute atomic E-state index is 11.9. The van der Waals surface area contributed by atoms with E-state index < -0.39 is 0 Å². The zero-order valence-electron chi connectivity index (χ0n) is 13.1. The number of amides is 1. The molecule has 112 valence electrons. The lowest BCUT2D eigenvalue weighted by atomic mass is 9.85. The van der Waals surface area contributed by atoms with Crippen molar-refractivity contribution in [2.45, 2.75) is 65.9 Å². The lowest BCUT2D eigenvalue weighted by Gasteiger charge is -2.25. The monoisotopic (exact) mass is 269 g/mol. The highest BCUT2D eigenvalue weighted by atomic mass is 16.5. The van der Waals surface area contributed by atoms with Gasteiger partial charge in [0.2, 0.25) is 5.91 Å². The Morgan fingerprint density at radius 1 is 1.21 bits per heavy atom. The van der Waals surface area contributed by atoms with E-state index >= 15 is 0 Å². The third kappa shape index (κ3) is 6.42. The summed E-state index contributed by atoms with van der Waals surface area (Å²) in [7, 11) is 0. The van der Waals surface area contributed by atoms with Crippen LogP contribution in [0, 0.1) is 17.8 Å². The molecule has 1 aliphatic rings. The van der Waals surface area contributed by atoms with E-state index in [0.717, 1.165) is 26.0 Å². The van der Waals surface area contributed by atoms with Crippen LogP contribution in [0.3, 0.4) is 0 Å². The number of ether oxygens (including phenoxy) is 1. The molecule has 1 heterocycles. The van der Waals surface area contributed by atoms with Crippen LogP contribution in [0.4, 0.5) is 0 Å². The molecular formula is C16H31NO2. The van der Waals surface area contributed by atoms with Crippen molar-refractivity contribution >= 4 is 5.91 Å². The van der Waals surface area contributed by atoms with E-state index in [2.05, 4.69) is 33.0 Å². The van der Waals surface area contributed by atoms with Crippen molar-refractivity contribution < 1.29 is 9.53 Å². The second-order valence-electron chi connectivity index (χ2n) is 6.48. The molecule has 1 amide bonds. The van der Waals surface area contributed by atoms with Crippen LogP contribution in [-0.2, 0) is 9.53 Å². The van der Waals surface area contributed by atoms with Gasteiger partial charge < -0.3 is 10.1 Å². The Morgan fingerprint density at radius 3 is 2.42 bits per heavy atom. The van der Waals surface area contributed by atoms with Crippen molar-refractivity contribution in [3.05, 3.63) is 0 Å². The Kier molecular flexibility index (Phi) is 7.44. The standard InChI is InChI=1S/C16H31NO2/c1-12(2)15(13(3)4)11-17-16(18)9-8-14-7-5-6-10-19-14/h12-15H,5-11H2,1-4H3,(H,17,18). The first-order valence-corrected chi connectivity index (χ1v) is 7.89. The fraction of sp³-hybridized carbons (Fsp3) is 0.938. The summed E-state index contributed by atoms with van der Waals surface area (Å²) in [6.07, 6.45) is 5.33. The van der Waals surface area contributed by atoms with Gasteiger partial charge in [-0.15, -0.1) is 0 Å². The molecule has 0 bridgehead atoms. The highest BCUT2D eigenvalue weighted by Gasteiger charge is 2.19. The molecule has 0 aliphatic carbocycles. The van der Waals surface area contributed by atoms with Gasteiger partial charge in [-0.3, -0.25) is 4.79 Å². The molecule has 0 aromatic carbocycles. The molecule has 3 nitrogen and oxygen atoms in total. The molecule has 1 N–H and O–H groups in total. The lowest BCUT2D eigenvalue weighted by molar-refractivity contribution is -0.122. The summed E-state index contributed by atoms with van der Waals surface area (Å²) in [6, 6.07) is 0. The molecule has 0 aromatic heterocycles. The molecule has 1 atom stereocenters. The Morgan fingerprint density at radius 2 is 1.89 bits per heavy atom. The summed E-state index contributed by atoms with van der Waals surface area (Å²) in [5, 5.41) is 3.09. The van der Waals surface area contributed by atoms with Gasteiger partial charge in [0.05, 0.1) is 6.10 Å². The lowest BCUT2D eigenvalue weighted by Crippen LogP contribution is -2.34. The van der Waals surface area contributed by atoms with Crippen LogP contribution in [0.2, 0.25) is 0 Å². The van der Waals surface area contributed by atoms with E-state index in [1.165, 1.54) is 12.8 Å². The van der Waals surface area contributed by atoms with E-state index in [0.29, 0.717) is 30.3 Å². The van der Waals surface area contributed by atoms with Crippen LogP contribution >= 0.6 is 0 Å². The molecule has 19 heavy (non-hydrogen) atoms. The van der Waals surface area contributed by atoms with Gasteiger partial charge in [-0.1, -0.05) is 27.7 Å². The maximum Gasteiger partial charge on any atom is 0.220 e. The van der Waals surface area contributed by atoms with Crippen LogP contribution in [-0.4, -0.2) is 25.2 Å². The van der Waals surface area contributed by atoms with E-state index in [4.69, 9.17) is 4.74 Å². The van der Waals surface area contributed by atoms with Gasteiger partial charge in [-0.2, -0.15) is 0 Å². The summed E-state index contributed by atoms with van der Waals surface area (Å²) in [5.74, 6) is 1.97. The van der Waals surface area contributed by atoms with E-state index in [9.17, 15) is 4.79 Å². The van der Waals surface area contributed by atoms with E-state index in [-0.39, 0.29) is 5.91 Å². The number of carbonyl (C=O) groups excluding carboxylic acids is 1. The average molecular weight is 269 g/mol. The van der Waals surface area contributed by atoms with Crippen molar-refractivity contribution in [3.8, 4) is 0 Å². The van der Waals surface area contributed by atoms with Crippen molar-refractivity contribution in [1.29, 1.82) is 0 Å². The summed E-state index contributed by atoms with van der Waals surface area (Å²) >= 11 is 0. The van der Waals surface area contributed by atoms with Crippen molar-refractivity contribution in [1.82, 2.24) is 5.32 Å².